The molecule has 0 spiro atoms. The summed E-state index contributed by atoms with van der Waals surface area (Å²) >= 11 is 1.43. The molecule has 0 aliphatic rings. The molecule has 0 aliphatic heterocycles. The smallest absolute Gasteiger partial charge is 0.437 e. The average molecular weight is 368 g/mol. The van der Waals surface area contributed by atoms with Crippen molar-refractivity contribution in [1.82, 2.24) is 9.78 Å². The van der Waals surface area contributed by atoms with Crippen LogP contribution in [0.2, 0.25) is 0 Å². The first-order valence-corrected chi connectivity index (χ1v) is 8.98. The van der Waals surface area contributed by atoms with Crippen LogP contribution in [0.5, 0.6) is 5.75 Å². The summed E-state index contributed by atoms with van der Waals surface area (Å²) < 4.78 is 11.9. The van der Waals surface area contributed by atoms with Gasteiger partial charge in [0.25, 0.3) is 5.89 Å². The highest BCUT2D eigenvalue weighted by Crippen LogP contribution is 2.22. The van der Waals surface area contributed by atoms with Crippen LogP contribution in [-0.2, 0) is 6.54 Å². The summed E-state index contributed by atoms with van der Waals surface area (Å²) in [6.45, 7) is 0.0489. The van der Waals surface area contributed by atoms with Gasteiger partial charge in [-0.1, -0.05) is 36.4 Å². The van der Waals surface area contributed by atoms with E-state index in [-0.39, 0.29) is 19.0 Å². The van der Waals surface area contributed by atoms with Gasteiger partial charge in [-0.05, 0) is 34.4 Å². The van der Waals surface area contributed by atoms with Crippen LogP contribution in [0.3, 0.4) is 0 Å². The quantitative estimate of drug-likeness (QED) is 0.566. The van der Waals surface area contributed by atoms with E-state index < -0.39 is 11.9 Å². The van der Waals surface area contributed by atoms with E-state index in [1.807, 2.05) is 60.0 Å². The summed E-state index contributed by atoms with van der Waals surface area (Å²) in [7, 11) is 0. The first kappa shape index (κ1) is 16.6. The lowest BCUT2D eigenvalue weighted by Gasteiger charge is -2.12. The second-order valence-corrected chi connectivity index (χ2v) is 6.75. The second-order valence-electron chi connectivity index (χ2n) is 5.81. The van der Waals surface area contributed by atoms with Crippen LogP contribution in [0, 0.1) is 0 Å². The Labute approximate surface area is 152 Å². The molecule has 132 valence electrons. The third-order valence-electron chi connectivity index (χ3n) is 3.89. The zero-order chi connectivity index (χ0) is 17.9. The molecule has 0 amide bonds. The van der Waals surface area contributed by atoms with E-state index in [1.165, 1.54) is 11.3 Å². The fourth-order valence-electron chi connectivity index (χ4n) is 2.62. The minimum absolute atomic E-state index is 0.00128. The van der Waals surface area contributed by atoms with E-state index >= 15 is 0 Å². The molecule has 4 aromatic rings. The van der Waals surface area contributed by atoms with Crippen LogP contribution in [0.1, 0.15) is 0 Å². The highest BCUT2D eigenvalue weighted by atomic mass is 32.1. The van der Waals surface area contributed by atoms with Gasteiger partial charge in [0.05, 0.1) is 11.4 Å². The predicted molar refractivity (Wildman–Crippen MR) is 99.5 cm³/mol. The van der Waals surface area contributed by atoms with Gasteiger partial charge in [0.15, 0.2) is 0 Å². The van der Waals surface area contributed by atoms with E-state index in [9.17, 15) is 9.90 Å². The molecule has 0 saturated carbocycles. The Balaban J connectivity index is 1.40. The lowest BCUT2D eigenvalue weighted by Crippen LogP contribution is -2.29. The van der Waals surface area contributed by atoms with Gasteiger partial charge in [0, 0.05) is 0 Å². The molecule has 4 rings (SSSR count). The minimum atomic E-state index is -0.888. The second kappa shape index (κ2) is 7.15. The molecule has 26 heavy (non-hydrogen) atoms. The van der Waals surface area contributed by atoms with Gasteiger partial charge in [-0.2, -0.15) is 4.68 Å². The fourth-order valence-corrected chi connectivity index (χ4v) is 3.27. The van der Waals surface area contributed by atoms with Crippen molar-refractivity contribution < 1.29 is 14.3 Å². The molecule has 0 radical (unpaired) electrons. The number of hydrogen-bond donors (Lipinski definition) is 1. The number of benzene rings is 2. The maximum Gasteiger partial charge on any atom is 0.437 e. The van der Waals surface area contributed by atoms with E-state index in [0.29, 0.717) is 5.75 Å². The molecular weight excluding hydrogens is 352 g/mol. The minimum Gasteiger partial charge on any atom is -0.491 e. The Morgan fingerprint density at radius 1 is 1.15 bits per heavy atom. The van der Waals surface area contributed by atoms with Crippen molar-refractivity contribution >= 4 is 22.1 Å². The number of hydrogen-bond acceptors (Lipinski definition) is 6. The number of rotatable bonds is 6. The molecule has 1 N–H and O–H groups in total. The van der Waals surface area contributed by atoms with Crippen molar-refractivity contribution in [2.24, 2.45) is 0 Å². The van der Waals surface area contributed by atoms with Gasteiger partial charge in [-0.3, -0.25) is 0 Å². The molecule has 0 saturated heterocycles. The van der Waals surface area contributed by atoms with Gasteiger partial charge >= 0.3 is 5.76 Å². The van der Waals surface area contributed by atoms with Crippen LogP contribution in [0.4, 0.5) is 0 Å². The molecule has 1 atom stereocenters. The third kappa shape index (κ3) is 3.54. The lowest BCUT2D eigenvalue weighted by molar-refractivity contribution is 0.0876. The summed E-state index contributed by atoms with van der Waals surface area (Å²) in [6.07, 6.45) is -0.888. The number of aromatic nitrogens is 2. The van der Waals surface area contributed by atoms with Crippen LogP contribution in [0.15, 0.2) is 69.2 Å². The van der Waals surface area contributed by atoms with Gasteiger partial charge in [0.2, 0.25) is 0 Å². The number of ether oxygens (including phenoxy) is 1. The molecule has 0 aliphatic carbocycles. The van der Waals surface area contributed by atoms with Crippen LogP contribution in [-0.4, -0.2) is 27.6 Å². The Bertz CT molecular complexity index is 1070. The molecule has 0 fully saturated rings. The van der Waals surface area contributed by atoms with Gasteiger partial charge in [-0.15, -0.1) is 16.4 Å². The van der Waals surface area contributed by atoms with E-state index in [4.69, 9.17) is 9.15 Å². The summed E-state index contributed by atoms with van der Waals surface area (Å²) in [6, 6.07) is 17.4. The SMILES string of the molecule is O=c1oc(-c2cccs2)nn1C[C@@H](O)COc1ccc2ccccc2c1. The average Bonchev–Trinajstić information content (AvgIpc) is 3.30. The van der Waals surface area contributed by atoms with Crippen LogP contribution in [0.25, 0.3) is 21.5 Å². The van der Waals surface area contributed by atoms with E-state index in [2.05, 4.69) is 5.10 Å². The third-order valence-corrected chi connectivity index (χ3v) is 4.74. The Hall–Kier alpha value is -2.90. The molecular formula is C19H16N2O4S. The Morgan fingerprint density at radius 2 is 2.00 bits per heavy atom. The zero-order valence-corrected chi connectivity index (χ0v) is 14.6. The van der Waals surface area contributed by atoms with Gasteiger partial charge in [-0.25, -0.2) is 4.79 Å². The Kier molecular flexibility index (Phi) is 4.55. The number of aliphatic hydroxyl groups is 1. The summed E-state index contributed by atoms with van der Waals surface area (Å²) in [5, 5.41) is 18.4. The standard InChI is InChI=1S/C19H16N2O4S/c22-15(11-21-19(23)25-18(20-21)17-6-3-9-26-17)12-24-16-8-7-13-4-1-2-5-14(13)10-16/h1-10,15,22H,11-12H2/t15-/m1/s1. The first-order chi connectivity index (χ1) is 12.7. The van der Waals surface area contributed by atoms with Crippen molar-refractivity contribution in [1.29, 1.82) is 0 Å². The normalized spacial score (nSPS) is 12.3. The fraction of sp³-hybridized carbons (Fsp3) is 0.158. The Morgan fingerprint density at radius 3 is 2.81 bits per heavy atom. The monoisotopic (exact) mass is 368 g/mol. The molecule has 0 bridgehead atoms. The van der Waals surface area contributed by atoms with E-state index in [1.54, 1.807) is 0 Å². The summed E-state index contributed by atoms with van der Waals surface area (Å²) in [5.41, 5.74) is 0. The molecule has 6 nitrogen and oxygen atoms in total. The number of fused-ring (bicyclic) bond motifs is 1. The highest BCUT2D eigenvalue weighted by Gasteiger charge is 2.15. The molecule has 2 aromatic heterocycles. The maximum absolute atomic E-state index is 11.9. The zero-order valence-electron chi connectivity index (χ0n) is 13.7. The first-order valence-electron chi connectivity index (χ1n) is 8.10. The summed E-state index contributed by atoms with van der Waals surface area (Å²) in [5.74, 6) is 0.320. The van der Waals surface area contributed by atoms with Gasteiger partial charge in [0.1, 0.15) is 18.5 Å². The maximum atomic E-state index is 11.9. The highest BCUT2D eigenvalue weighted by molar-refractivity contribution is 7.13. The number of aliphatic hydroxyl groups excluding tert-OH is 1. The van der Waals surface area contributed by atoms with E-state index in [0.717, 1.165) is 20.3 Å². The molecule has 0 unspecified atom stereocenters. The van der Waals surface area contributed by atoms with Crippen molar-refractivity contribution in [3.8, 4) is 16.5 Å². The van der Waals surface area contributed by atoms with Crippen molar-refractivity contribution in [3.05, 3.63) is 70.5 Å². The van der Waals surface area contributed by atoms with Crippen LogP contribution < -0.4 is 10.5 Å². The predicted octanol–water partition coefficient (Wildman–Crippen LogP) is 3.16. The number of thiophene rings is 1. The lowest BCUT2D eigenvalue weighted by atomic mass is 10.1. The summed E-state index contributed by atoms with van der Waals surface area (Å²) in [4.78, 5) is 12.6. The topological polar surface area (TPSA) is 77.5 Å². The molecule has 2 heterocycles. The molecule has 7 heteroatoms. The van der Waals surface area contributed by atoms with Gasteiger partial charge < -0.3 is 14.3 Å². The van der Waals surface area contributed by atoms with Crippen molar-refractivity contribution in [3.63, 3.8) is 0 Å². The molecule has 2 aromatic carbocycles. The van der Waals surface area contributed by atoms with Crippen molar-refractivity contribution in [2.45, 2.75) is 12.6 Å². The number of nitrogens with zero attached hydrogens (tertiary/aromatic N) is 2. The largest absolute Gasteiger partial charge is 0.491 e. The van der Waals surface area contributed by atoms with Crippen LogP contribution >= 0.6 is 11.3 Å². The van der Waals surface area contributed by atoms with Crippen molar-refractivity contribution in [2.75, 3.05) is 6.61 Å².